The molecule has 7 heteroatoms. The van der Waals surface area contributed by atoms with Crippen LogP contribution in [0.3, 0.4) is 0 Å². The molecule has 0 amide bonds. The van der Waals surface area contributed by atoms with Crippen molar-refractivity contribution in [3.8, 4) is 11.5 Å². The highest BCUT2D eigenvalue weighted by molar-refractivity contribution is 5.97. The Balaban J connectivity index is 2.38. The predicted molar refractivity (Wildman–Crippen MR) is 63.2 cm³/mol. The number of pyridine rings is 1. The van der Waals surface area contributed by atoms with Crippen molar-refractivity contribution in [1.82, 2.24) is 4.98 Å². The van der Waals surface area contributed by atoms with Gasteiger partial charge in [0.1, 0.15) is 5.82 Å². The molecule has 1 aromatic heterocycles. The van der Waals surface area contributed by atoms with Crippen molar-refractivity contribution >= 4 is 5.84 Å². The van der Waals surface area contributed by atoms with Crippen LogP contribution in [-0.4, -0.2) is 16.0 Å². The number of rotatable bonds is 3. The van der Waals surface area contributed by atoms with Crippen LogP contribution < -0.4 is 10.5 Å². The standard InChI is InChI=1S/C12H9F2N3O2/c13-7-3-4-9(8(14)6-7)19-10-2-1-5-16-11(10)12(15)17-18/h1-6,18H,(H2,15,17). The molecule has 0 radical (unpaired) electrons. The Morgan fingerprint density at radius 1 is 1.26 bits per heavy atom. The van der Waals surface area contributed by atoms with Gasteiger partial charge in [-0.25, -0.2) is 13.8 Å². The number of nitrogens with two attached hydrogens (primary N) is 1. The number of nitrogens with zero attached hydrogens (tertiary/aromatic N) is 2. The van der Waals surface area contributed by atoms with E-state index in [2.05, 4.69) is 10.1 Å². The van der Waals surface area contributed by atoms with Gasteiger partial charge in [0, 0.05) is 12.3 Å². The normalized spacial score (nSPS) is 11.4. The van der Waals surface area contributed by atoms with Crippen molar-refractivity contribution in [2.45, 2.75) is 0 Å². The lowest BCUT2D eigenvalue weighted by molar-refractivity contribution is 0.318. The summed E-state index contributed by atoms with van der Waals surface area (Å²) in [5.41, 5.74) is 5.46. The second-order valence-electron chi connectivity index (χ2n) is 3.51. The zero-order chi connectivity index (χ0) is 13.8. The quantitative estimate of drug-likeness (QED) is 0.386. The lowest BCUT2D eigenvalue weighted by Gasteiger charge is -2.09. The van der Waals surface area contributed by atoms with E-state index in [4.69, 9.17) is 15.7 Å². The first kappa shape index (κ1) is 12.7. The Kier molecular flexibility index (Phi) is 3.56. The molecule has 0 aliphatic rings. The van der Waals surface area contributed by atoms with Gasteiger partial charge in [0.25, 0.3) is 0 Å². The molecule has 19 heavy (non-hydrogen) atoms. The van der Waals surface area contributed by atoms with E-state index < -0.39 is 11.6 Å². The molecule has 0 atom stereocenters. The molecule has 1 aromatic carbocycles. The van der Waals surface area contributed by atoms with E-state index in [0.717, 1.165) is 12.1 Å². The van der Waals surface area contributed by atoms with Crippen molar-refractivity contribution in [3.63, 3.8) is 0 Å². The van der Waals surface area contributed by atoms with E-state index in [1.165, 1.54) is 18.3 Å². The number of hydrogen-bond donors (Lipinski definition) is 2. The number of halogens is 2. The topological polar surface area (TPSA) is 80.7 Å². The summed E-state index contributed by atoms with van der Waals surface area (Å²) in [5, 5.41) is 11.4. The van der Waals surface area contributed by atoms with Crippen LogP contribution in [0.15, 0.2) is 41.7 Å². The minimum Gasteiger partial charge on any atom is -0.452 e. The van der Waals surface area contributed by atoms with Crippen molar-refractivity contribution in [3.05, 3.63) is 53.9 Å². The summed E-state index contributed by atoms with van der Waals surface area (Å²) in [6, 6.07) is 5.87. The summed E-state index contributed by atoms with van der Waals surface area (Å²) in [7, 11) is 0. The highest BCUT2D eigenvalue weighted by atomic mass is 19.1. The molecule has 0 aliphatic carbocycles. The largest absolute Gasteiger partial charge is 0.452 e. The Hall–Kier alpha value is -2.70. The van der Waals surface area contributed by atoms with Crippen LogP contribution in [0.5, 0.6) is 11.5 Å². The number of benzene rings is 1. The first-order valence-corrected chi connectivity index (χ1v) is 5.17. The van der Waals surface area contributed by atoms with Gasteiger partial charge in [-0.05, 0) is 24.3 Å². The zero-order valence-corrected chi connectivity index (χ0v) is 9.55. The highest BCUT2D eigenvalue weighted by Gasteiger charge is 2.13. The summed E-state index contributed by atoms with van der Waals surface area (Å²) in [4.78, 5) is 3.86. The molecule has 1 heterocycles. The van der Waals surface area contributed by atoms with Gasteiger partial charge in [-0.1, -0.05) is 5.16 Å². The van der Waals surface area contributed by atoms with Gasteiger partial charge in [-0.2, -0.15) is 0 Å². The number of amidine groups is 1. The molecule has 3 N–H and O–H groups in total. The van der Waals surface area contributed by atoms with Crippen LogP contribution in [0.1, 0.15) is 5.69 Å². The van der Waals surface area contributed by atoms with Crippen LogP contribution in [0.2, 0.25) is 0 Å². The molecule has 98 valence electrons. The van der Waals surface area contributed by atoms with E-state index in [1.807, 2.05) is 0 Å². The first-order chi connectivity index (χ1) is 9.11. The third-order valence-corrected chi connectivity index (χ3v) is 2.23. The van der Waals surface area contributed by atoms with Crippen LogP contribution in [0.4, 0.5) is 8.78 Å². The Bertz CT molecular complexity index is 632. The first-order valence-electron chi connectivity index (χ1n) is 5.17. The minimum atomic E-state index is -0.866. The third kappa shape index (κ3) is 2.76. The van der Waals surface area contributed by atoms with Gasteiger partial charge >= 0.3 is 0 Å². The number of ether oxygens (including phenoxy) is 1. The van der Waals surface area contributed by atoms with E-state index in [1.54, 1.807) is 0 Å². The molecule has 0 spiro atoms. The summed E-state index contributed by atoms with van der Waals surface area (Å²) < 4.78 is 31.5. The molecule has 0 saturated carbocycles. The van der Waals surface area contributed by atoms with E-state index in [0.29, 0.717) is 6.07 Å². The zero-order valence-electron chi connectivity index (χ0n) is 9.55. The summed E-state index contributed by atoms with van der Waals surface area (Å²) in [6.45, 7) is 0. The molecular formula is C12H9F2N3O2. The molecule has 0 aliphatic heterocycles. The van der Waals surface area contributed by atoms with E-state index in [-0.39, 0.29) is 23.0 Å². The van der Waals surface area contributed by atoms with Crippen LogP contribution >= 0.6 is 0 Å². The smallest absolute Gasteiger partial charge is 0.192 e. The number of oxime groups is 1. The predicted octanol–water partition coefficient (Wildman–Crippen LogP) is 2.25. The fraction of sp³-hybridized carbons (Fsp3) is 0. The maximum absolute atomic E-state index is 13.5. The molecule has 0 saturated heterocycles. The average Bonchev–Trinajstić information content (AvgIpc) is 2.41. The van der Waals surface area contributed by atoms with Crippen molar-refractivity contribution < 1.29 is 18.7 Å². The Labute approximate surface area is 107 Å². The van der Waals surface area contributed by atoms with Crippen molar-refractivity contribution in [1.29, 1.82) is 0 Å². The SMILES string of the molecule is N/C(=N/O)c1ncccc1Oc1ccc(F)cc1F. The Morgan fingerprint density at radius 3 is 2.74 bits per heavy atom. The fourth-order valence-electron chi connectivity index (χ4n) is 1.39. The molecular weight excluding hydrogens is 256 g/mol. The van der Waals surface area contributed by atoms with Crippen LogP contribution in [0, 0.1) is 11.6 Å². The summed E-state index contributed by atoms with van der Waals surface area (Å²) in [6.07, 6.45) is 1.40. The van der Waals surface area contributed by atoms with Gasteiger partial charge in [-0.15, -0.1) is 0 Å². The summed E-state index contributed by atoms with van der Waals surface area (Å²) in [5.74, 6) is -1.97. The van der Waals surface area contributed by atoms with Gasteiger partial charge < -0.3 is 15.7 Å². The average molecular weight is 265 g/mol. The van der Waals surface area contributed by atoms with Gasteiger partial charge in [0.2, 0.25) is 0 Å². The van der Waals surface area contributed by atoms with Crippen molar-refractivity contribution in [2.24, 2.45) is 10.9 Å². The number of aromatic nitrogens is 1. The molecule has 0 fully saturated rings. The van der Waals surface area contributed by atoms with Crippen molar-refractivity contribution in [2.75, 3.05) is 0 Å². The third-order valence-electron chi connectivity index (χ3n) is 2.23. The van der Waals surface area contributed by atoms with E-state index >= 15 is 0 Å². The monoisotopic (exact) mass is 265 g/mol. The van der Waals surface area contributed by atoms with Gasteiger partial charge in [-0.3, -0.25) is 0 Å². The maximum Gasteiger partial charge on any atom is 0.192 e. The number of hydrogen-bond acceptors (Lipinski definition) is 4. The second kappa shape index (κ2) is 5.30. The summed E-state index contributed by atoms with van der Waals surface area (Å²) >= 11 is 0. The molecule has 0 bridgehead atoms. The highest BCUT2D eigenvalue weighted by Crippen LogP contribution is 2.26. The molecule has 2 aromatic rings. The van der Waals surface area contributed by atoms with Gasteiger partial charge in [0.15, 0.2) is 28.8 Å². The van der Waals surface area contributed by atoms with Gasteiger partial charge in [0.05, 0.1) is 0 Å². The lowest BCUT2D eigenvalue weighted by atomic mass is 10.3. The lowest BCUT2D eigenvalue weighted by Crippen LogP contribution is -2.16. The van der Waals surface area contributed by atoms with E-state index in [9.17, 15) is 8.78 Å². The second-order valence-corrected chi connectivity index (χ2v) is 3.51. The molecule has 5 nitrogen and oxygen atoms in total. The molecule has 0 unspecified atom stereocenters. The maximum atomic E-state index is 13.5. The Morgan fingerprint density at radius 2 is 2.05 bits per heavy atom. The fourth-order valence-corrected chi connectivity index (χ4v) is 1.39. The molecule has 2 rings (SSSR count). The van der Waals surface area contributed by atoms with Crippen LogP contribution in [0.25, 0.3) is 0 Å². The van der Waals surface area contributed by atoms with Crippen LogP contribution in [-0.2, 0) is 0 Å². The minimum absolute atomic E-state index is 0.0497.